The topological polar surface area (TPSA) is 85.4 Å². The Morgan fingerprint density at radius 3 is 2.76 bits per heavy atom. The highest BCUT2D eigenvalue weighted by Gasteiger charge is 2.34. The first-order valence-corrected chi connectivity index (χ1v) is 15.8. The van der Waals surface area contributed by atoms with E-state index in [0.717, 1.165) is 66.5 Å². The van der Waals surface area contributed by atoms with E-state index in [1.165, 1.54) is 29.7 Å². The summed E-state index contributed by atoms with van der Waals surface area (Å²) < 4.78 is 27.0. The highest BCUT2D eigenvalue weighted by molar-refractivity contribution is 7.17. The average Bonchev–Trinajstić information content (AvgIpc) is 3.51. The van der Waals surface area contributed by atoms with Crippen LogP contribution in [0, 0.1) is 11.2 Å². The number of hydrogen-bond donors (Lipinski definition) is 2. The van der Waals surface area contributed by atoms with Crippen molar-refractivity contribution in [2.24, 2.45) is 5.41 Å². The van der Waals surface area contributed by atoms with Crippen LogP contribution in [0.3, 0.4) is 0 Å². The van der Waals surface area contributed by atoms with Crippen LogP contribution in [0.1, 0.15) is 50.2 Å². The van der Waals surface area contributed by atoms with E-state index >= 15 is 0 Å². The number of aromatic nitrogens is 2. The first kappa shape index (κ1) is 28.7. The Hall–Kier alpha value is -3.40. The van der Waals surface area contributed by atoms with E-state index in [1.54, 1.807) is 17.4 Å². The summed E-state index contributed by atoms with van der Waals surface area (Å²) in [7, 11) is 0. The molecular formula is C33H37FN4O3S. The SMILES string of the molecule is CC1(C(=O)NCCOCCOc2cc(F)ccc2-c2nnc(-c3ccc4c(c3)CCNC4)c3ccsc23)CCCCC1. The van der Waals surface area contributed by atoms with Crippen LogP contribution in [-0.4, -0.2) is 49.0 Å². The fourth-order valence-corrected chi connectivity index (χ4v) is 6.92. The van der Waals surface area contributed by atoms with Crippen molar-refractivity contribution in [2.75, 3.05) is 32.9 Å². The van der Waals surface area contributed by atoms with Gasteiger partial charge in [0.15, 0.2) is 0 Å². The van der Waals surface area contributed by atoms with Crippen molar-refractivity contribution >= 4 is 27.3 Å². The summed E-state index contributed by atoms with van der Waals surface area (Å²) in [6.07, 6.45) is 6.32. The highest BCUT2D eigenvalue weighted by atomic mass is 32.1. The number of fused-ring (bicyclic) bond motifs is 2. The molecule has 0 radical (unpaired) electrons. The summed E-state index contributed by atoms with van der Waals surface area (Å²) in [5.41, 5.74) is 5.66. The number of ether oxygens (including phenoxy) is 2. The molecule has 1 amide bonds. The van der Waals surface area contributed by atoms with E-state index in [4.69, 9.17) is 9.47 Å². The number of hydrogen-bond acceptors (Lipinski definition) is 7. The number of carbonyl (C=O) groups excluding carboxylic acids is 1. The lowest BCUT2D eigenvalue weighted by Crippen LogP contribution is -2.41. The maximum absolute atomic E-state index is 14.3. The Kier molecular flexibility index (Phi) is 8.79. The number of benzene rings is 2. The first-order valence-electron chi connectivity index (χ1n) is 14.9. The number of nitrogens with one attached hydrogen (secondary N) is 2. The van der Waals surface area contributed by atoms with Gasteiger partial charge >= 0.3 is 0 Å². The molecule has 1 aliphatic carbocycles. The van der Waals surface area contributed by atoms with Gasteiger partial charge in [-0.15, -0.1) is 21.5 Å². The minimum absolute atomic E-state index is 0.113. The monoisotopic (exact) mass is 588 g/mol. The Balaban J connectivity index is 1.10. The van der Waals surface area contributed by atoms with Crippen molar-refractivity contribution in [3.8, 4) is 28.3 Å². The molecule has 3 heterocycles. The predicted octanol–water partition coefficient (Wildman–Crippen LogP) is 6.29. The van der Waals surface area contributed by atoms with Gasteiger partial charge in [0.05, 0.1) is 17.9 Å². The lowest BCUT2D eigenvalue weighted by molar-refractivity contribution is -0.132. The molecule has 2 aliphatic rings. The van der Waals surface area contributed by atoms with Gasteiger partial charge in [0.2, 0.25) is 5.91 Å². The summed E-state index contributed by atoms with van der Waals surface area (Å²) in [5.74, 6) is 0.127. The third kappa shape index (κ3) is 6.19. The lowest BCUT2D eigenvalue weighted by Gasteiger charge is -2.31. The number of nitrogens with zero attached hydrogens (tertiary/aromatic N) is 2. The number of carbonyl (C=O) groups is 1. The van der Waals surface area contributed by atoms with Crippen molar-refractivity contribution < 1.29 is 18.7 Å². The van der Waals surface area contributed by atoms with Crippen LogP contribution in [0.25, 0.3) is 32.6 Å². The standard InChI is InChI=1S/C33H37FN4O3S/c1-33(11-3-2-4-12-33)32(39)36-14-15-40-16-17-41-28-20-25(34)7-8-26(28)30-31-27(10-18-42-31)29(37-38-30)23-5-6-24-21-35-13-9-22(24)19-23/h5-8,10,18-20,35H,2-4,9,11-17,21H2,1H3,(H,36,39). The average molecular weight is 589 g/mol. The second-order valence-electron chi connectivity index (χ2n) is 11.4. The molecule has 2 aromatic carbocycles. The van der Waals surface area contributed by atoms with Gasteiger partial charge in [-0.3, -0.25) is 4.79 Å². The van der Waals surface area contributed by atoms with Crippen LogP contribution in [0.2, 0.25) is 0 Å². The van der Waals surface area contributed by atoms with E-state index in [2.05, 4.69) is 52.0 Å². The summed E-state index contributed by atoms with van der Waals surface area (Å²) in [6.45, 7) is 5.33. The molecule has 9 heteroatoms. The molecule has 0 unspecified atom stereocenters. The zero-order valence-corrected chi connectivity index (χ0v) is 24.8. The molecule has 7 nitrogen and oxygen atoms in total. The van der Waals surface area contributed by atoms with E-state index < -0.39 is 0 Å². The third-order valence-corrected chi connectivity index (χ3v) is 9.39. The van der Waals surface area contributed by atoms with Gasteiger partial charge in [-0.1, -0.05) is 38.3 Å². The molecule has 0 bridgehead atoms. The molecule has 0 saturated heterocycles. The van der Waals surface area contributed by atoms with E-state index in [9.17, 15) is 9.18 Å². The molecule has 42 heavy (non-hydrogen) atoms. The Morgan fingerprint density at radius 1 is 1.02 bits per heavy atom. The number of amides is 1. The Labute approximate surface area is 249 Å². The smallest absolute Gasteiger partial charge is 0.226 e. The third-order valence-electron chi connectivity index (χ3n) is 8.47. The van der Waals surface area contributed by atoms with Crippen LogP contribution in [0.15, 0.2) is 47.8 Å². The van der Waals surface area contributed by atoms with Gasteiger partial charge in [0, 0.05) is 41.1 Å². The van der Waals surface area contributed by atoms with E-state index in [0.29, 0.717) is 36.8 Å². The Morgan fingerprint density at radius 2 is 1.88 bits per heavy atom. The van der Waals surface area contributed by atoms with Crippen molar-refractivity contribution in [2.45, 2.75) is 52.0 Å². The molecule has 1 saturated carbocycles. The molecule has 1 fully saturated rings. The molecule has 2 N–H and O–H groups in total. The summed E-state index contributed by atoms with van der Waals surface area (Å²) in [4.78, 5) is 12.6. The second-order valence-corrected chi connectivity index (χ2v) is 12.4. The molecular weight excluding hydrogens is 551 g/mol. The minimum Gasteiger partial charge on any atom is -0.490 e. The fourth-order valence-electron chi connectivity index (χ4n) is 6.03. The quantitative estimate of drug-likeness (QED) is 0.212. The molecule has 220 valence electrons. The number of rotatable bonds is 10. The van der Waals surface area contributed by atoms with Gasteiger partial charge < -0.3 is 20.1 Å². The summed E-state index contributed by atoms with van der Waals surface area (Å²) >= 11 is 1.59. The van der Waals surface area contributed by atoms with Gasteiger partial charge in [-0.2, -0.15) is 0 Å². The predicted molar refractivity (Wildman–Crippen MR) is 164 cm³/mol. The normalized spacial score (nSPS) is 16.2. The molecule has 2 aromatic heterocycles. The molecule has 4 aromatic rings. The zero-order chi connectivity index (χ0) is 28.9. The van der Waals surface area contributed by atoms with Gasteiger partial charge in [0.25, 0.3) is 0 Å². The Bertz CT molecular complexity index is 1570. The van der Waals surface area contributed by atoms with E-state index in [-0.39, 0.29) is 23.7 Å². The van der Waals surface area contributed by atoms with E-state index in [1.807, 2.05) is 5.38 Å². The number of thiophene rings is 1. The second kappa shape index (κ2) is 12.9. The first-order chi connectivity index (χ1) is 20.5. The maximum atomic E-state index is 14.3. The molecule has 0 spiro atoms. The van der Waals surface area contributed by atoms with Crippen molar-refractivity contribution in [3.05, 3.63) is 64.8 Å². The zero-order valence-electron chi connectivity index (χ0n) is 24.0. The lowest BCUT2D eigenvalue weighted by atomic mass is 9.75. The maximum Gasteiger partial charge on any atom is 0.226 e. The minimum atomic E-state index is -0.385. The van der Waals surface area contributed by atoms with Crippen molar-refractivity contribution in [1.82, 2.24) is 20.8 Å². The van der Waals surface area contributed by atoms with Gasteiger partial charge in [-0.25, -0.2) is 4.39 Å². The molecule has 0 atom stereocenters. The van der Waals surface area contributed by atoms with Crippen LogP contribution in [0.5, 0.6) is 5.75 Å². The van der Waals surface area contributed by atoms with Crippen molar-refractivity contribution in [1.29, 1.82) is 0 Å². The van der Waals surface area contributed by atoms with Gasteiger partial charge in [-0.05, 0) is 66.6 Å². The highest BCUT2D eigenvalue weighted by Crippen LogP contribution is 2.40. The fraction of sp³-hybridized carbons (Fsp3) is 0.424. The van der Waals surface area contributed by atoms with Gasteiger partial charge in [0.1, 0.15) is 29.6 Å². The molecule has 1 aliphatic heterocycles. The van der Waals surface area contributed by atoms with Crippen LogP contribution in [-0.2, 0) is 22.5 Å². The van der Waals surface area contributed by atoms with Crippen LogP contribution >= 0.6 is 11.3 Å². The largest absolute Gasteiger partial charge is 0.490 e. The van der Waals surface area contributed by atoms with Crippen LogP contribution < -0.4 is 15.4 Å². The summed E-state index contributed by atoms with van der Waals surface area (Å²) in [5, 5.41) is 18.8. The summed E-state index contributed by atoms with van der Waals surface area (Å²) in [6, 6.07) is 13.1. The van der Waals surface area contributed by atoms with Crippen molar-refractivity contribution in [3.63, 3.8) is 0 Å². The molecule has 6 rings (SSSR count). The van der Waals surface area contributed by atoms with Crippen LogP contribution in [0.4, 0.5) is 4.39 Å². The number of halogens is 1.